The van der Waals surface area contributed by atoms with Gasteiger partial charge in [-0.05, 0) is 50.8 Å². The molecule has 21 heavy (non-hydrogen) atoms. The Labute approximate surface area is 129 Å². The molecule has 1 fully saturated rings. The molecule has 0 aromatic heterocycles. The number of nitrogens with zero attached hydrogens (tertiary/aromatic N) is 1. The topological polar surface area (TPSA) is 15.3 Å². The summed E-state index contributed by atoms with van der Waals surface area (Å²) < 4.78 is 0. The summed E-state index contributed by atoms with van der Waals surface area (Å²) in [7, 11) is 0. The molecule has 3 rings (SSSR count). The molecule has 1 heterocycles. The second kappa shape index (κ2) is 6.39. The van der Waals surface area contributed by atoms with Gasteiger partial charge in [-0.15, -0.1) is 0 Å². The molecule has 0 atom stereocenters. The van der Waals surface area contributed by atoms with Crippen LogP contribution in [0.4, 0.5) is 5.69 Å². The van der Waals surface area contributed by atoms with E-state index in [4.69, 9.17) is 0 Å². The van der Waals surface area contributed by atoms with E-state index in [0.29, 0.717) is 5.41 Å². The minimum Gasteiger partial charge on any atom is -0.371 e. The summed E-state index contributed by atoms with van der Waals surface area (Å²) in [5.41, 5.74) is 4.99. The summed E-state index contributed by atoms with van der Waals surface area (Å²) in [6, 6.07) is 7.04. The second-order valence-electron chi connectivity index (χ2n) is 7.14. The third-order valence-electron chi connectivity index (χ3n) is 5.39. The van der Waals surface area contributed by atoms with Crippen LogP contribution in [-0.4, -0.2) is 26.2 Å². The molecule has 1 aliphatic carbocycles. The summed E-state index contributed by atoms with van der Waals surface area (Å²) in [4.78, 5) is 2.68. The van der Waals surface area contributed by atoms with Gasteiger partial charge < -0.3 is 10.2 Å². The number of aryl methyl sites for hydroxylation is 2. The molecule has 0 bridgehead atoms. The minimum absolute atomic E-state index is 0.509. The lowest BCUT2D eigenvalue weighted by Gasteiger charge is -2.40. The van der Waals surface area contributed by atoms with Gasteiger partial charge in [-0.2, -0.15) is 0 Å². The van der Waals surface area contributed by atoms with Gasteiger partial charge in [-0.25, -0.2) is 0 Å². The van der Waals surface area contributed by atoms with Crippen LogP contribution < -0.4 is 10.2 Å². The first-order valence-corrected chi connectivity index (χ1v) is 8.78. The Balaban J connectivity index is 1.78. The zero-order valence-corrected chi connectivity index (χ0v) is 13.8. The zero-order chi connectivity index (χ0) is 14.7. The largest absolute Gasteiger partial charge is 0.371 e. The van der Waals surface area contributed by atoms with Crippen molar-refractivity contribution in [1.82, 2.24) is 5.32 Å². The van der Waals surface area contributed by atoms with E-state index in [1.165, 1.54) is 69.4 Å². The first-order valence-electron chi connectivity index (χ1n) is 8.78. The maximum atomic E-state index is 3.63. The SMILES string of the molecule is CCNCC1(CN2CCCc3cc(C)ccc32)CCCC1. The monoisotopic (exact) mass is 286 g/mol. The molecule has 2 nitrogen and oxygen atoms in total. The molecule has 2 heteroatoms. The molecule has 0 radical (unpaired) electrons. The van der Waals surface area contributed by atoms with Crippen LogP contribution in [-0.2, 0) is 6.42 Å². The van der Waals surface area contributed by atoms with E-state index in [1.807, 2.05) is 0 Å². The van der Waals surface area contributed by atoms with E-state index in [-0.39, 0.29) is 0 Å². The third-order valence-corrected chi connectivity index (χ3v) is 5.39. The predicted molar refractivity (Wildman–Crippen MR) is 91.2 cm³/mol. The highest BCUT2D eigenvalue weighted by Gasteiger charge is 2.36. The fourth-order valence-electron chi connectivity index (χ4n) is 4.28. The molecule has 1 aliphatic heterocycles. The van der Waals surface area contributed by atoms with Crippen LogP contribution in [0.5, 0.6) is 0 Å². The van der Waals surface area contributed by atoms with Gasteiger partial charge in [0.15, 0.2) is 0 Å². The molecule has 1 aromatic carbocycles. The van der Waals surface area contributed by atoms with E-state index in [2.05, 4.69) is 42.3 Å². The number of benzene rings is 1. The van der Waals surface area contributed by atoms with Gasteiger partial charge in [0.2, 0.25) is 0 Å². The van der Waals surface area contributed by atoms with E-state index >= 15 is 0 Å². The first-order chi connectivity index (χ1) is 10.2. The van der Waals surface area contributed by atoms with Crippen LogP contribution in [0.15, 0.2) is 18.2 Å². The number of anilines is 1. The van der Waals surface area contributed by atoms with Crippen molar-refractivity contribution in [2.75, 3.05) is 31.1 Å². The Morgan fingerprint density at radius 2 is 2.00 bits per heavy atom. The van der Waals surface area contributed by atoms with Crippen molar-refractivity contribution in [1.29, 1.82) is 0 Å². The van der Waals surface area contributed by atoms with Crippen molar-refractivity contribution in [2.24, 2.45) is 5.41 Å². The molecule has 1 N–H and O–H groups in total. The summed E-state index contributed by atoms with van der Waals surface area (Å²) in [6.45, 7) is 9.21. The van der Waals surface area contributed by atoms with Crippen LogP contribution >= 0.6 is 0 Å². The molecule has 1 saturated carbocycles. The average Bonchev–Trinajstić information content (AvgIpc) is 2.94. The fraction of sp³-hybridized carbons (Fsp3) is 0.684. The van der Waals surface area contributed by atoms with Crippen LogP contribution in [0, 0.1) is 12.3 Å². The average molecular weight is 286 g/mol. The second-order valence-corrected chi connectivity index (χ2v) is 7.14. The molecular formula is C19H30N2. The van der Waals surface area contributed by atoms with Crippen LogP contribution in [0.2, 0.25) is 0 Å². The summed E-state index contributed by atoms with van der Waals surface area (Å²) in [6.07, 6.45) is 8.21. The highest BCUT2D eigenvalue weighted by Crippen LogP contribution is 2.40. The molecule has 1 aromatic rings. The third kappa shape index (κ3) is 3.26. The van der Waals surface area contributed by atoms with Crippen molar-refractivity contribution in [3.63, 3.8) is 0 Å². The Hall–Kier alpha value is -1.02. The van der Waals surface area contributed by atoms with Crippen LogP contribution in [0.1, 0.15) is 50.2 Å². The van der Waals surface area contributed by atoms with E-state index in [9.17, 15) is 0 Å². The molecular weight excluding hydrogens is 256 g/mol. The molecule has 0 spiro atoms. The standard InChI is InChI=1S/C19H30N2/c1-3-20-14-19(10-4-5-11-19)15-21-12-6-7-17-13-16(2)8-9-18(17)21/h8-9,13,20H,3-7,10-12,14-15H2,1-2H3. The Kier molecular flexibility index (Phi) is 4.54. The number of nitrogens with one attached hydrogen (secondary N) is 1. The quantitative estimate of drug-likeness (QED) is 0.882. The van der Waals surface area contributed by atoms with Gasteiger partial charge >= 0.3 is 0 Å². The maximum Gasteiger partial charge on any atom is 0.0399 e. The van der Waals surface area contributed by atoms with Gasteiger partial charge in [0.1, 0.15) is 0 Å². The number of fused-ring (bicyclic) bond motifs is 1. The highest BCUT2D eigenvalue weighted by atomic mass is 15.1. The molecule has 0 amide bonds. The van der Waals surface area contributed by atoms with Gasteiger partial charge in [-0.1, -0.05) is 37.5 Å². The maximum absolute atomic E-state index is 3.63. The van der Waals surface area contributed by atoms with Crippen molar-refractivity contribution < 1.29 is 0 Å². The Bertz CT molecular complexity index is 474. The number of rotatable bonds is 5. The molecule has 0 saturated heterocycles. The van der Waals surface area contributed by atoms with Crippen molar-refractivity contribution in [3.8, 4) is 0 Å². The Morgan fingerprint density at radius 1 is 1.19 bits per heavy atom. The van der Waals surface area contributed by atoms with Crippen molar-refractivity contribution in [3.05, 3.63) is 29.3 Å². The lowest BCUT2D eigenvalue weighted by Crippen LogP contribution is -2.44. The minimum atomic E-state index is 0.509. The lowest BCUT2D eigenvalue weighted by atomic mass is 9.84. The fourth-order valence-corrected chi connectivity index (χ4v) is 4.28. The summed E-state index contributed by atoms with van der Waals surface area (Å²) in [5, 5.41) is 3.63. The van der Waals surface area contributed by atoms with Crippen molar-refractivity contribution in [2.45, 2.75) is 52.4 Å². The molecule has 2 aliphatic rings. The number of hydrogen-bond acceptors (Lipinski definition) is 2. The molecule has 0 unspecified atom stereocenters. The van der Waals surface area contributed by atoms with Gasteiger partial charge in [-0.3, -0.25) is 0 Å². The van der Waals surface area contributed by atoms with Crippen LogP contribution in [0.3, 0.4) is 0 Å². The van der Waals surface area contributed by atoms with Gasteiger partial charge in [0.25, 0.3) is 0 Å². The van der Waals surface area contributed by atoms with Gasteiger partial charge in [0, 0.05) is 30.7 Å². The predicted octanol–water partition coefficient (Wildman–Crippen LogP) is 3.92. The summed E-state index contributed by atoms with van der Waals surface area (Å²) in [5.74, 6) is 0. The first kappa shape index (κ1) is 14.9. The van der Waals surface area contributed by atoms with Gasteiger partial charge in [0.05, 0.1) is 0 Å². The van der Waals surface area contributed by atoms with Crippen LogP contribution in [0.25, 0.3) is 0 Å². The summed E-state index contributed by atoms with van der Waals surface area (Å²) >= 11 is 0. The number of hydrogen-bond donors (Lipinski definition) is 1. The highest BCUT2D eigenvalue weighted by molar-refractivity contribution is 5.57. The normalized spacial score (nSPS) is 20.6. The lowest BCUT2D eigenvalue weighted by molar-refractivity contribution is 0.283. The zero-order valence-electron chi connectivity index (χ0n) is 13.8. The smallest absolute Gasteiger partial charge is 0.0399 e. The van der Waals surface area contributed by atoms with E-state index in [0.717, 1.165) is 6.54 Å². The van der Waals surface area contributed by atoms with Crippen molar-refractivity contribution >= 4 is 5.69 Å². The Morgan fingerprint density at radius 3 is 2.76 bits per heavy atom. The van der Waals surface area contributed by atoms with E-state index < -0.39 is 0 Å². The molecule has 116 valence electrons. The van der Waals surface area contributed by atoms with E-state index in [1.54, 1.807) is 5.56 Å².